The molecule has 2 aromatic carbocycles. The zero-order valence-electron chi connectivity index (χ0n) is 17.4. The summed E-state index contributed by atoms with van der Waals surface area (Å²) < 4.78 is 28.0. The van der Waals surface area contributed by atoms with Crippen molar-refractivity contribution in [1.82, 2.24) is 19.7 Å². The molecule has 0 saturated heterocycles. The maximum atomic E-state index is 12.3. The first kappa shape index (κ1) is 21.8. The quantitative estimate of drug-likeness (QED) is 0.396. The van der Waals surface area contributed by atoms with Gasteiger partial charge in [0.15, 0.2) is 0 Å². The van der Waals surface area contributed by atoms with E-state index in [0.717, 1.165) is 27.0 Å². The third-order valence-corrected chi connectivity index (χ3v) is 7.03. The van der Waals surface area contributed by atoms with Crippen molar-refractivity contribution in [2.75, 3.05) is 11.9 Å². The largest absolute Gasteiger partial charge is 0.363 e. The molecule has 4 rings (SSSR count). The van der Waals surface area contributed by atoms with E-state index in [1.807, 2.05) is 43.6 Å². The Bertz CT molecular complexity index is 1430. The summed E-state index contributed by atoms with van der Waals surface area (Å²) in [7, 11) is -3.74. The van der Waals surface area contributed by atoms with E-state index in [4.69, 9.17) is 5.26 Å². The number of thiazole rings is 1. The van der Waals surface area contributed by atoms with E-state index in [1.54, 1.807) is 29.5 Å². The second-order valence-electron chi connectivity index (χ2n) is 7.14. The van der Waals surface area contributed by atoms with Gasteiger partial charge in [-0.1, -0.05) is 18.2 Å². The van der Waals surface area contributed by atoms with Gasteiger partial charge in [0.1, 0.15) is 11.6 Å². The minimum atomic E-state index is -3.74. The van der Waals surface area contributed by atoms with E-state index in [2.05, 4.69) is 31.1 Å². The number of nitrogens with zero attached hydrogens (tertiary/aromatic N) is 4. The summed E-state index contributed by atoms with van der Waals surface area (Å²) in [5.41, 5.74) is 5.31. The molecule has 2 aromatic heterocycles. The molecule has 1 atom stereocenters. The number of nitriles is 1. The summed E-state index contributed by atoms with van der Waals surface area (Å²) in [6, 6.07) is 16.1. The van der Waals surface area contributed by atoms with E-state index in [1.165, 1.54) is 6.07 Å². The zero-order valence-corrected chi connectivity index (χ0v) is 19.0. The number of aromatic nitrogens is 3. The van der Waals surface area contributed by atoms with Crippen LogP contribution >= 0.6 is 11.3 Å². The van der Waals surface area contributed by atoms with Crippen LogP contribution in [0, 0.1) is 18.3 Å². The Labute approximate surface area is 190 Å². The summed E-state index contributed by atoms with van der Waals surface area (Å²) in [4.78, 5) is 13.5. The molecule has 0 bridgehead atoms. The Balaban J connectivity index is 1.59. The van der Waals surface area contributed by atoms with Gasteiger partial charge in [0.25, 0.3) is 0 Å². The first-order valence-corrected chi connectivity index (χ1v) is 12.1. The normalized spacial score (nSPS) is 12.4. The molecule has 8 nitrogen and oxygen atoms in total. The van der Waals surface area contributed by atoms with Gasteiger partial charge in [-0.25, -0.2) is 23.4 Å². The van der Waals surface area contributed by atoms with E-state index in [9.17, 15) is 8.42 Å². The summed E-state index contributed by atoms with van der Waals surface area (Å²) in [5, 5.41) is 12.0. The maximum Gasteiger partial charge on any atom is 0.241 e. The highest BCUT2D eigenvalue weighted by Crippen LogP contribution is 2.28. The minimum absolute atomic E-state index is 0.108. The van der Waals surface area contributed by atoms with Crippen molar-refractivity contribution >= 4 is 37.4 Å². The van der Waals surface area contributed by atoms with E-state index in [0.29, 0.717) is 11.6 Å². The standard InChI is InChI=1S/C22H20N6O2S2/c1-14(16-4-3-5-18(10-16)32(29,30)25-9-8-23)26-22-12-20(27-15(2)28-22)17-6-7-19-21(11-17)31-13-24-19/h3-7,10-14,25H,9H2,1-2H3,(H,26,27,28). The Morgan fingerprint density at radius 1 is 1.16 bits per heavy atom. The molecule has 32 heavy (non-hydrogen) atoms. The van der Waals surface area contributed by atoms with Crippen molar-refractivity contribution in [3.05, 3.63) is 65.4 Å². The molecule has 0 saturated carbocycles. The van der Waals surface area contributed by atoms with Crippen LogP contribution in [0.15, 0.2) is 58.9 Å². The Morgan fingerprint density at radius 2 is 2.00 bits per heavy atom. The number of aryl methyl sites for hydroxylation is 1. The van der Waals surface area contributed by atoms with Gasteiger partial charge in [0.2, 0.25) is 10.0 Å². The van der Waals surface area contributed by atoms with E-state index in [-0.39, 0.29) is 17.5 Å². The van der Waals surface area contributed by atoms with Crippen molar-refractivity contribution in [3.63, 3.8) is 0 Å². The number of nitrogens with one attached hydrogen (secondary N) is 2. The molecule has 0 amide bonds. The predicted octanol–water partition coefficient (Wildman–Crippen LogP) is 4.04. The molecule has 1 unspecified atom stereocenters. The van der Waals surface area contributed by atoms with E-state index >= 15 is 0 Å². The van der Waals surface area contributed by atoms with Gasteiger partial charge < -0.3 is 5.32 Å². The first-order valence-electron chi connectivity index (χ1n) is 9.78. The fraction of sp³-hybridized carbons (Fsp3) is 0.182. The molecule has 4 aromatic rings. The lowest BCUT2D eigenvalue weighted by molar-refractivity contribution is 0.585. The van der Waals surface area contributed by atoms with E-state index < -0.39 is 10.0 Å². The molecule has 10 heteroatoms. The number of anilines is 1. The van der Waals surface area contributed by atoms with Crippen LogP contribution in [0.3, 0.4) is 0 Å². The number of hydrogen-bond acceptors (Lipinski definition) is 8. The lowest BCUT2D eigenvalue weighted by atomic mass is 10.1. The number of hydrogen-bond donors (Lipinski definition) is 2. The predicted molar refractivity (Wildman–Crippen MR) is 125 cm³/mol. The third kappa shape index (κ3) is 4.75. The molecule has 0 fully saturated rings. The van der Waals surface area contributed by atoms with Crippen LogP contribution < -0.4 is 10.0 Å². The molecule has 162 valence electrons. The number of benzene rings is 2. The van der Waals surface area contributed by atoms with Crippen molar-refractivity contribution in [2.24, 2.45) is 0 Å². The Hall–Kier alpha value is -3.39. The zero-order chi connectivity index (χ0) is 22.7. The van der Waals surface area contributed by atoms with Gasteiger partial charge in [0.05, 0.1) is 38.9 Å². The van der Waals surface area contributed by atoms with Crippen LogP contribution in [-0.2, 0) is 10.0 Å². The fourth-order valence-electron chi connectivity index (χ4n) is 3.27. The maximum absolute atomic E-state index is 12.3. The summed E-state index contributed by atoms with van der Waals surface area (Å²) in [6.07, 6.45) is 0. The molecule has 0 aliphatic carbocycles. The van der Waals surface area contributed by atoms with Crippen LogP contribution in [0.1, 0.15) is 24.4 Å². The minimum Gasteiger partial charge on any atom is -0.363 e. The monoisotopic (exact) mass is 464 g/mol. The Kier molecular flexibility index (Phi) is 6.14. The fourth-order valence-corrected chi connectivity index (χ4v) is 4.96. The molecule has 0 radical (unpaired) electrons. The van der Waals surface area contributed by atoms with Gasteiger partial charge in [-0.3, -0.25) is 0 Å². The van der Waals surface area contributed by atoms with Gasteiger partial charge >= 0.3 is 0 Å². The van der Waals surface area contributed by atoms with Crippen LogP contribution in [0.4, 0.5) is 5.82 Å². The molecule has 2 heterocycles. The summed E-state index contributed by atoms with van der Waals surface area (Å²) >= 11 is 1.58. The highest BCUT2D eigenvalue weighted by atomic mass is 32.2. The average Bonchev–Trinajstić information content (AvgIpc) is 3.25. The van der Waals surface area contributed by atoms with Gasteiger partial charge in [-0.2, -0.15) is 9.98 Å². The first-order chi connectivity index (χ1) is 15.4. The molecular formula is C22H20N6O2S2. The molecule has 0 aliphatic heterocycles. The second kappa shape index (κ2) is 9.00. The van der Waals surface area contributed by atoms with Crippen LogP contribution in [0.5, 0.6) is 0 Å². The molecular weight excluding hydrogens is 444 g/mol. The topological polar surface area (TPSA) is 121 Å². The lowest BCUT2D eigenvalue weighted by Crippen LogP contribution is -2.24. The highest BCUT2D eigenvalue weighted by Gasteiger charge is 2.16. The van der Waals surface area contributed by atoms with Gasteiger partial charge in [0, 0.05) is 17.7 Å². The molecule has 0 spiro atoms. The number of sulfonamides is 1. The van der Waals surface area contributed by atoms with Crippen molar-refractivity contribution in [3.8, 4) is 17.3 Å². The molecule has 0 aliphatic rings. The lowest BCUT2D eigenvalue weighted by Gasteiger charge is -2.17. The second-order valence-corrected chi connectivity index (χ2v) is 9.79. The average molecular weight is 465 g/mol. The summed E-state index contributed by atoms with van der Waals surface area (Å²) in [5.74, 6) is 1.26. The van der Waals surface area contributed by atoms with Gasteiger partial charge in [-0.15, -0.1) is 11.3 Å². The summed E-state index contributed by atoms with van der Waals surface area (Å²) in [6.45, 7) is 3.48. The highest BCUT2D eigenvalue weighted by molar-refractivity contribution is 7.89. The van der Waals surface area contributed by atoms with Crippen molar-refractivity contribution in [2.45, 2.75) is 24.8 Å². The van der Waals surface area contributed by atoms with Crippen LogP contribution in [0.2, 0.25) is 0 Å². The third-order valence-electron chi connectivity index (χ3n) is 4.84. The van der Waals surface area contributed by atoms with Gasteiger partial charge in [-0.05, 0) is 43.7 Å². The SMILES string of the molecule is Cc1nc(NC(C)c2cccc(S(=O)(=O)NCC#N)c2)cc(-c2ccc3ncsc3c2)n1. The number of fused-ring (bicyclic) bond motifs is 1. The Morgan fingerprint density at radius 3 is 2.81 bits per heavy atom. The smallest absolute Gasteiger partial charge is 0.241 e. The van der Waals surface area contributed by atoms with Crippen molar-refractivity contribution < 1.29 is 8.42 Å². The molecule has 2 N–H and O–H groups in total. The van der Waals surface area contributed by atoms with Crippen LogP contribution in [-0.4, -0.2) is 29.9 Å². The van der Waals surface area contributed by atoms with Crippen LogP contribution in [0.25, 0.3) is 21.5 Å². The van der Waals surface area contributed by atoms with Crippen molar-refractivity contribution in [1.29, 1.82) is 5.26 Å². The number of rotatable bonds is 7.